The van der Waals surface area contributed by atoms with Gasteiger partial charge in [-0.05, 0) is 47.5 Å². The summed E-state index contributed by atoms with van der Waals surface area (Å²) in [5.41, 5.74) is -0.420. The minimum absolute atomic E-state index is 0.107. The number of amides is 1. The Labute approximate surface area is 114 Å². The lowest BCUT2D eigenvalue weighted by atomic mass is 9.79. The summed E-state index contributed by atoms with van der Waals surface area (Å²) < 4.78 is 1.23. The van der Waals surface area contributed by atoms with Gasteiger partial charge in [-0.2, -0.15) is 5.06 Å². The Hall–Kier alpha value is -0.580. The molecule has 1 saturated heterocycles. The van der Waals surface area contributed by atoms with Crippen molar-refractivity contribution in [3.05, 3.63) is 12.2 Å². The third-order valence-corrected chi connectivity index (χ3v) is 3.93. The summed E-state index contributed by atoms with van der Waals surface area (Å²) in [7, 11) is 0. The Morgan fingerprint density at radius 2 is 1.72 bits per heavy atom. The van der Waals surface area contributed by atoms with E-state index >= 15 is 0 Å². The van der Waals surface area contributed by atoms with Gasteiger partial charge < -0.3 is 5.21 Å². The zero-order chi connectivity index (χ0) is 14.3. The summed E-state index contributed by atoms with van der Waals surface area (Å²) in [6, 6.07) is -0.107. The van der Waals surface area contributed by atoms with Crippen molar-refractivity contribution in [2.75, 3.05) is 0 Å². The Bertz CT molecular complexity index is 348. The Morgan fingerprint density at radius 3 is 2.06 bits per heavy atom. The van der Waals surface area contributed by atoms with Crippen molar-refractivity contribution in [1.82, 2.24) is 9.48 Å². The number of nitrogens with zero attached hydrogens (tertiary/aromatic N) is 2. The van der Waals surface area contributed by atoms with Crippen molar-refractivity contribution < 1.29 is 10.0 Å². The smallest absolute Gasteiger partial charge is 0.263 e. The van der Waals surface area contributed by atoms with Gasteiger partial charge in [-0.15, -0.1) is 0 Å². The van der Waals surface area contributed by atoms with Crippen LogP contribution in [-0.4, -0.2) is 37.7 Å². The normalized spacial score (nSPS) is 23.7. The van der Waals surface area contributed by atoms with E-state index < -0.39 is 11.1 Å². The number of carbonyl (C=O) groups is 1. The quantitative estimate of drug-likeness (QED) is 0.622. The van der Waals surface area contributed by atoms with Crippen LogP contribution in [0.1, 0.15) is 47.5 Å². The molecular formula is C13H23ClN2O2. The molecular weight excluding hydrogens is 252 g/mol. The minimum atomic E-state index is -0.422. The van der Waals surface area contributed by atoms with E-state index in [0.717, 1.165) is 0 Å². The molecule has 0 saturated carbocycles. The van der Waals surface area contributed by atoms with Crippen LogP contribution >= 0.6 is 11.8 Å². The average molecular weight is 275 g/mol. The van der Waals surface area contributed by atoms with E-state index in [4.69, 9.17) is 11.8 Å². The predicted molar refractivity (Wildman–Crippen MR) is 72.3 cm³/mol. The molecule has 0 bridgehead atoms. The van der Waals surface area contributed by atoms with E-state index in [9.17, 15) is 10.0 Å². The van der Waals surface area contributed by atoms with Gasteiger partial charge in [0.25, 0.3) is 5.91 Å². The van der Waals surface area contributed by atoms with Gasteiger partial charge in [0, 0.05) is 28.4 Å². The standard InChI is InChI=1S/C13H23ClN2O2/c1-9(2)11(17)15(14)10-7-12(3,4)16(18)13(5,6)8-10/h10,18H,1,7-8H2,2-6H3. The summed E-state index contributed by atoms with van der Waals surface area (Å²) in [5, 5.41) is 11.5. The highest BCUT2D eigenvalue weighted by atomic mass is 35.5. The number of hydrogen-bond donors (Lipinski definition) is 1. The van der Waals surface area contributed by atoms with Crippen molar-refractivity contribution in [2.24, 2.45) is 0 Å². The van der Waals surface area contributed by atoms with Gasteiger partial charge >= 0.3 is 0 Å². The molecule has 0 aromatic heterocycles. The molecule has 0 atom stereocenters. The molecule has 4 nitrogen and oxygen atoms in total. The zero-order valence-electron chi connectivity index (χ0n) is 11.8. The maximum absolute atomic E-state index is 11.9. The van der Waals surface area contributed by atoms with E-state index in [1.807, 2.05) is 27.7 Å². The molecule has 0 spiro atoms. The molecule has 104 valence electrons. The Morgan fingerprint density at radius 1 is 1.33 bits per heavy atom. The van der Waals surface area contributed by atoms with Gasteiger partial charge in [0.2, 0.25) is 0 Å². The van der Waals surface area contributed by atoms with Crippen LogP contribution in [0.4, 0.5) is 0 Å². The molecule has 1 aliphatic rings. The van der Waals surface area contributed by atoms with Gasteiger partial charge in [0.1, 0.15) is 0 Å². The second-order valence-electron chi connectivity index (χ2n) is 6.40. The molecule has 0 aromatic rings. The maximum Gasteiger partial charge on any atom is 0.263 e. The third kappa shape index (κ3) is 2.87. The van der Waals surface area contributed by atoms with Crippen molar-refractivity contribution in [3.63, 3.8) is 0 Å². The SMILES string of the molecule is C=C(C)C(=O)N(Cl)C1CC(C)(C)N(O)C(C)(C)C1. The monoisotopic (exact) mass is 274 g/mol. The number of halogens is 1. The summed E-state index contributed by atoms with van der Waals surface area (Å²) in [4.78, 5) is 11.9. The molecule has 0 aromatic carbocycles. The maximum atomic E-state index is 11.9. The molecule has 1 rings (SSSR count). The molecule has 1 heterocycles. The number of carbonyl (C=O) groups excluding carboxylic acids is 1. The number of hydrogen-bond acceptors (Lipinski definition) is 3. The average Bonchev–Trinajstić information content (AvgIpc) is 2.22. The fourth-order valence-electron chi connectivity index (χ4n) is 2.73. The molecule has 0 unspecified atom stereocenters. The van der Waals surface area contributed by atoms with Crippen molar-refractivity contribution in [1.29, 1.82) is 0 Å². The van der Waals surface area contributed by atoms with E-state index in [1.54, 1.807) is 6.92 Å². The minimum Gasteiger partial charge on any atom is -0.313 e. The molecule has 18 heavy (non-hydrogen) atoms. The van der Waals surface area contributed by atoms with Crippen LogP contribution < -0.4 is 0 Å². The second-order valence-corrected chi connectivity index (χ2v) is 6.76. The topological polar surface area (TPSA) is 43.8 Å². The fraction of sp³-hybridized carbons (Fsp3) is 0.769. The van der Waals surface area contributed by atoms with Gasteiger partial charge in [-0.1, -0.05) is 6.58 Å². The van der Waals surface area contributed by atoms with Crippen molar-refractivity contribution >= 4 is 17.7 Å². The van der Waals surface area contributed by atoms with Gasteiger partial charge in [0.05, 0.1) is 6.04 Å². The highest BCUT2D eigenvalue weighted by Gasteiger charge is 2.47. The number of rotatable bonds is 2. The van der Waals surface area contributed by atoms with Crippen LogP contribution in [0, 0.1) is 0 Å². The molecule has 5 heteroatoms. The first-order valence-corrected chi connectivity index (χ1v) is 6.47. The van der Waals surface area contributed by atoms with Gasteiger partial charge in [-0.25, -0.2) is 4.42 Å². The summed E-state index contributed by atoms with van der Waals surface area (Å²) in [6.45, 7) is 13.0. The predicted octanol–water partition coefficient (Wildman–Crippen LogP) is 2.96. The Balaban J connectivity index is 2.93. The fourth-order valence-corrected chi connectivity index (χ4v) is 3.01. The van der Waals surface area contributed by atoms with Gasteiger partial charge in [-0.3, -0.25) is 4.79 Å². The molecule has 1 fully saturated rings. The van der Waals surface area contributed by atoms with Crippen LogP contribution in [0.3, 0.4) is 0 Å². The zero-order valence-corrected chi connectivity index (χ0v) is 12.6. The number of piperidine rings is 1. The van der Waals surface area contributed by atoms with Gasteiger partial charge in [0.15, 0.2) is 0 Å². The van der Waals surface area contributed by atoms with E-state index in [2.05, 4.69) is 6.58 Å². The second kappa shape index (κ2) is 4.83. The Kier molecular flexibility index (Phi) is 4.16. The molecule has 1 amide bonds. The van der Waals surface area contributed by atoms with Crippen LogP contribution in [0.2, 0.25) is 0 Å². The highest BCUT2D eigenvalue weighted by molar-refractivity contribution is 6.24. The molecule has 0 radical (unpaired) electrons. The largest absolute Gasteiger partial charge is 0.313 e. The highest BCUT2D eigenvalue weighted by Crippen LogP contribution is 2.39. The molecule has 0 aliphatic carbocycles. The summed E-state index contributed by atoms with van der Waals surface area (Å²) >= 11 is 6.13. The molecule has 1 aliphatic heterocycles. The first kappa shape index (κ1) is 15.5. The summed E-state index contributed by atoms with van der Waals surface area (Å²) in [6.07, 6.45) is 1.24. The van der Waals surface area contributed by atoms with Crippen molar-refractivity contribution in [3.8, 4) is 0 Å². The lowest BCUT2D eigenvalue weighted by molar-refractivity contribution is -0.249. The number of hydroxylamine groups is 2. The lowest BCUT2D eigenvalue weighted by Crippen LogP contribution is -2.62. The van der Waals surface area contributed by atoms with Crippen LogP contribution in [0.5, 0.6) is 0 Å². The lowest BCUT2D eigenvalue weighted by Gasteiger charge is -2.52. The molecule has 1 N–H and O–H groups in total. The first-order valence-electron chi connectivity index (χ1n) is 6.13. The first-order chi connectivity index (χ1) is 7.99. The summed E-state index contributed by atoms with van der Waals surface area (Å²) in [5.74, 6) is -0.250. The van der Waals surface area contributed by atoms with Crippen molar-refractivity contribution in [2.45, 2.75) is 64.6 Å². The van der Waals surface area contributed by atoms with E-state index in [0.29, 0.717) is 18.4 Å². The van der Waals surface area contributed by atoms with Crippen LogP contribution in [-0.2, 0) is 4.79 Å². The third-order valence-electron chi connectivity index (χ3n) is 3.50. The van der Waals surface area contributed by atoms with Crippen LogP contribution in [0.25, 0.3) is 0 Å². The van der Waals surface area contributed by atoms with E-state index in [-0.39, 0.29) is 11.9 Å². The van der Waals surface area contributed by atoms with E-state index in [1.165, 1.54) is 9.48 Å². The van der Waals surface area contributed by atoms with Crippen LogP contribution in [0.15, 0.2) is 12.2 Å².